The fraction of sp³-hybridized carbons (Fsp3) is 0.0769. The number of hydrogen-bond acceptors (Lipinski definition) is 5. The molecule has 0 aliphatic carbocycles. The minimum atomic E-state index is -0.492. The average molecular weight is 291 g/mol. The zero-order chi connectivity index (χ0) is 14.5. The van der Waals surface area contributed by atoms with Crippen molar-refractivity contribution in [2.45, 2.75) is 0 Å². The Morgan fingerprint density at radius 3 is 2.55 bits per heavy atom. The molecular weight excluding hydrogens is 280 g/mol. The van der Waals surface area contributed by atoms with Gasteiger partial charge in [-0.3, -0.25) is 15.1 Å². The highest BCUT2D eigenvalue weighted by atomic mass is 35.5. The summed E-state index contributed by atoms with van der Waals surface area (Å²) in [6, 6.07) is 10.1. The van der Waals surface area contributed by atoms with Gasteiger partial charge in [0.1, 0.15) is 12.0 Å². The normalized spacial score (nSPS) is 10.7. The Morgan fingerprint density at radius 1 is 1.30 bits per heavy atom. The van der Waals surface area contributed by atoms with Gasteiger partial charge in [0.25, 0.3) is 5.69 Å². The van der Waals surface area contributed by atoms with Crippen molar-refractivity contribution in [3.8, 4) is 0 Å². The van der Waals surface area contributed by atoms with Gasteiger partial charge in [-0.25, -0.2) is 4.98 Å². The predicted molar refractivity (Wildman–Crippen MR) is 78.3 cm³/mol. The molecule has 2 rings (SSSR count). The molecule has 0 aliphatic rings. The zero-order valence-electron chi connectivity index (χ0n) is 10.6. The molecule has 0 saturated heterocycles. The maximum absolute atomic E-state index is 10.5. The van der Waals surface area contributed by atoms with Crippen LogP contribution in [0.4, 0.5) is 11.5 Å². The van der Waals surface area contributed by atoms with E-state index in [2.05, 4.69) is 10.1 Å². The fourth-order valence-electron chi connectivity index (χ4n) is 1.44. The lowest BCUT2D eigenvalue weighted by Gasteiger charge is -2.10. The molecule has 0 spiro atoms. The van der Waals surface area contributed by atoms with Crippen molar-refractivity contribution in [1.29, 1.82) is 0 Å². The molecule has 0 N–H and O–H groups in total. The third kappa shape index (κ3) is 3.52. The summed E-state index contributed by atoms with van der Waals surface area (Å²) in [6.07, 6.45) is 2.85. The Morgan fingerprint density at radius 2 is 2.00 bits per heavy atom. The predicted octanol–water partition coefficient (Wildman–Crippen LogP) is 3.11. The molecule has 0 aliphatic heterocycles. The minimum absolute atomic E-state index is 0.0520. The van der Waals surface area contributed by atoms with E-state index in [1.54, 1.807) is 25.4 Å². The van der Waals surface area contributed by atoms with Gasteiger partial charge in [-0.2, -0.15) is 5.10 Å². The lowest BCUT2D eigenvalue weighted by molar-refractivity contribution is -0.385. The summed E-state index contributed by atoms with van der Waals surface area (Å²) < 4.78 is 0. The van der Waals surface area contributed by atoms with Crippen molar-refractivity contribution >= 4 is 29.3 Å². The lowest BCUT2D eigenvalue weighted by Crippen LogP contribution is -2.10. The minimum Gasteiger partial charge on any atom is -0.258 e. The van der Waals surface area contributed by atoms with Crippen LogP contribution in [0.5, 0.6) is 0 Å². The molecule has 20 heavy (non-hydrogen) atoms. The summed E-state index contributed by atoms with van der Waals surface area (Å²) in [5.41, 5.74) is 0.840. The second kappa shape index (κ2) is 6.12. The van der Waals surface area contributed by atoms with Crippen LogP contribution >= 0.6 is 11.6 Å². The number of hydrazone groups is 1. The molecule has 0 bridgehead atoms. The van der Waals surface area contributed by atoms with Gasteiger partial charge in [-0.05, 0) is 23.8 Å². The number of aromatic nitrogens is 1. The average Bonchev–Trinajstić information content (AvgIpc) is 2.46. The summed E-state index contributed by atoms with van der Waals surface area (Å²) in [6.45, 7) is 0. The number of hydrogen-bond donors (Lipinski definition) is 0. The van der Waals surface area contributed by atoms with Gasteiger partial charge in [-0.15, -0.1) is 0 Å². The Hall–Kier alpha value is -2.47. The first-order valence-corrected chi connectivity index (χ1v) is 6.08. The summed E-state index contributed by atoms with van der Waals surface area (Å²) in [5, 5.41) is 16.9. The zero-order valence-corrected chi connectivity index (χ0v) is 11.4. The topological polar surface area (TPSA) is 71.6 Å². The van der Waals surface area contributed by atoms with Crippen LogP contribution in [0.2, 0.25) is 5.02 Å². The van der Waals surface area contributed by atoms with Crippen molar-refractivity contribution in [3.05, 3.63) is 63.3 Å². The first kappa shape index (κ1) is 14.0. The van der Waals surface area contributed by atoms with E-state index in [1.165, 1.54) is 23.3 Å². The van der Waals surface area contributed by atoms with Gasteiger partial charge < -0.3 is 0 Å². The monoisotopic (exact) mass is 290 g/mol. The number of nitrogens with zero attached hydrogens (tertiary/aromatic N) is 4. The highest BCUT2D eigenvalue weighted by Crippen LogP contribution is 2.15. The summed E-state index contributed by atoms with van der Waals surface area (Å²) in [7, 11) is 1.71. The van der Waals surface area contributed by atoms with Crippen LogP contribution in [0.3, 0.4) is 0 Å². The number of pyridine rings is 1. The third-order valence-electron chi connectivity index (χ3n) is 2.52. The van der Waals surface area contributed by atoms with E-state index in [0.29, 0.717) is 10.8 Å². The fourth-order valence-corrected chi connectivity index (χ4v) is 1.56. The van der Waals surface area contributed by atoms with E-state index in [-0.39, 0.29) is 5.69 Å². The smallest absolute Gasteiger partial charge is 0.258 e. The van der Waals surface area contributed by atoms with Crippen LogP contribution in [0.1, 0.15) is 5.56 Å². The van der Waals surface area contributed by atoms with Crippen molar-refractivity contribution in [2.75, 3.05) is 12.1 Å². The Labute approximate surface area is 120 Å². The maximum Gasteiger partial charge on any atom is 0.287 e. The summed E-state index contributed by atoms with van der Waals surface area (Å²) in [5.74, 6) is 0.515. The van der Waals surface area contributed by atoms with E-state index >= 15 is 0 Å². The molecule has 1 aromatic heterocycles. The molecule has 0 fully saturated rings. The second-order valence-corrected chi connectivity index (χ2v) is 4.39. The SMILES string of the molecule is CN(/N=C\c1ccc(Cl)cc1)c1ccc([N+](=O)[O-])cn1. The van der Waals surface area contributed by atoms with Crippen LogP contribution in [-0.2, 0) is 0 Å². The number of nitro groups is 1. The second-order valence-electron chi connectivity index (χ2n) is 3.95. The van der Waals surface area contributed by atoms with E-state index in [9.17, 15) is 10.1 Å². The largest absolute Gasteiger partial charge is 0.287 e. The number of rotatable bonds is 4. The quantitative estimate of drug-likeness (QED) is 0.493. The van der Waals surface area contributed by atoms with Gasteiger partial charge >= 0.3 is 0 Å². The molecule has 6 nitrogen and oxygen atoms in total. The van der Waals surface area contributed by atoms with Crippen LogP contribution in [-0.4, -0.2) is 23.2 Å². The van der Waals surface area contributed by atoms with E-state index < -0.39 is 4.92 Å². The molecule has 0 atom stereocenters. The van der Waals surface area contributed by atoms with Crippen LogP contribution < -0.4 is 5.01 Å². The van der Waals surface area contributed by atoms with Crippen LogP contribution in [0.25, 0.3) is 0 Å². The molecular formula is C13H11ClN4O2. The van der Waals surface area contributed by atoms with Crippen molar-refractivity contribution < 1.29 is 4.92 Å². The van der Waals surface area contributed by atoms with Crippen LogP contribution in [0.15, 0.2) is 47.7 Å². The highest BCUT2D eigenvalue weighted by molar-refractivity contribution is 6.30. The summed E-state index contributed by atoms with van der Waals surface area (Å²) in [4.78, 5) is 14.0. The van der Waals surface area contributed by atoms with E-state index in [0.717, 1.165) is 5.56 Å². The van der Waals surface area contributed by atoms with Crippen LogP contribution in [0, 0.1) is 10.1 Å². The van der Waals surface area contributed by atoms with Gasteiger partial charge in [-0.1, -0.05) is 23.7 Å². The molecule has 1 aromatic carbocycles. The molecule has 0 saturated carbocycles. The van der Waals surface area contributed by atoms with Crippen molar-refractivity contribution in [2.24, 2.45) is 5.10 Å². The van der Waals surface area contributed by atoms with Gasteiger partial charge in [0.2, 0.25) is 0 Å². The standard InChI is InChI=1S/C13H11ClN4O2/c1-17(13-7-6-12(9-15-13)18(19)20)16-8-10-2-4-11(14)5-3-10/h2-9H,1H3/b16-8-. The number of anilines is 1. The molecule has 7 heteroatoms. The van der Waals surface area contributed by atoms with Gasteiger partial charge in [0, 0.05) is 18.1 Å². The Bertz CT molecular complexity index is 626. The molecule has 0 unspecified atom stereocenters. The van der Waals surface area contributed by atoms with Crippen molar-refractivity contribution in [3.63, 3.8) is 0 Å². The first-order chi connectivity index (χ1) is 9.56. The van der Waals surface area contributed by atoms with E-state index in [4.69, 9.17) is 11.6 Å². The third-order valence-corrected chi connectivity index (χ3v) is 2.78. The highest BCUT2D eigenvalue weighted by Gasteiger charge is 2.06. The maximum atomic E-state index is 10.5. The van der Waals surface area contributed by atoms with Gasteiger partial charge in [0.05, 0.1) is 11.1 Å². The molecule has 102 valence electrons. The Balaban J connectivity index is 2.09. The van der Waals surface area contributed by atoms with Crippen molar-refractivity contribution in [1.82, 2.24) is 4.98 Å². The summed E-state index contributed by atoms with van der Waals surface area (Å²) >= 11 is 5.79. The molecule has 1 heterocycles. The number of benzene rings is 1. The molecule has 2 aromatic rings. The lowest BCUT2D eigenvalue weighted by atomic mass is 10.2. The molecule has 0 radical (unpaired) electrons. The number of halogens is 1. The van der Waals surface area contributed by atoms with Gasteiger partial charge in [0.15, 0.2) is 0 Å². The molecule has 0 amide bonds. The first-order valence-electron chi connectivity index (χ1n) is 5.70. The Kier molecular flexibility index (Phi) is 4.27. The van der Waals surface area contributed by atoms with E-state index in [1.807, 2.05) is 12.1 Å².